The number of nitrogens with one attached hydrogen (secondary N) is 1. The average Bonchev–Trinajstić information content (AvgIpc) is 2.71. The molecule has 0 aliphatic rings. The lowest BCUT2D eigenvalue weighted by atomic mass is 10.3. The van der Waals surface area contributed by atoms with Crippen LogP contribution in [0.2, 0.25) is 0 Å². The molecule has 4 heteroatoms. The summed E-state index contributed by atoms with van der Waals surface area (Å²) in [4.78, 5) is 9.27. The van der Waals surface area contributed by atoms with E-state index in [0.29, 0.717) is 6.54 Å². The van der Waals surface area contributed by atoms with Gasteiger partial charge in [0.2, 0.25) is 0 Å². The van der Waals surface area contributed by atoms with Gasteiger partial charge in [0, 0.05) is 30.2 Å². The molecule has 1 aromatic rings. The molecule has 1 rings (SSSR count). The van der Waals surface area contributed by atoms with Gasteiger partial charge in [0.05, 0.1) is 6.54 Å². The van der Waals surface area contributed by atoms with Crippen molar-refractivity contribution in [3.05, 3.63) is 53.8 Å². The van der Waals surface area contributed by atoms with Crippen LogP contribution in [0.3, 0.4) is 0 Å². The van der Waals surface area contributed by atoms with Crippen molar-refractivity contribution in [3.8, 4) is 0 Å². The fourth-order valence-electron chi connectivity index (χ4n) is 1.25. The van der Waals surface area contributed by atoms with Crippen molar-refractivity contribution in [1.82, 2.24) is 14.9 Å². The molecule has 0 amide bonds. The number of aromatic nitrogens is 2. The predicted molar refractivity (Wildman–Crippen MR) is 67.9 cm³/mol. The van der Waals surface area contributed by atoms with Crippen LogP contribution in [0.1, 0.15) is 12.7 Å². The topological polar surface area (TPSA) is 31.9 Å². The zero-order valence-electron chi connectivity index (χ0n) is 9.57. The highest BCUT2D eigenvalue weighted by molar-refractivity contribution is 6.29. The summed E-state index contributed by atoms with van der Waals surface area (Å²) in [6, 6.07) is 0. The molecule has 0 radical (unpaired) electrons. The molecule has 1 N–H and O–H groups in total. The molecule has 0 saturated carbocycles. The highest BCUT2D eigenvalue weighted by Gasteiger charge is 2.02. The summed E-state index contributed by atoms with van der Waals surface area (Å²) in [5.74, 6) is 0.918. The minimum absolute atomic E-state index is 0.708. The first-order valence-electron chi connectivity index (χ1n) is 4.99. The number of imidazole rings is 1. The summed E-state index contributed by atoms with van der Waals surface area (Å²) in [7, 11) is 1.98. The van der Waals surface area contributed by atoms with Crippen molar-refractivity contribution in [2.75, 3.05) is 7.05 Å². The fourth-order valence-corrected chi connectivity index (χ4v) is 1.31. The summed E-state index contributed by atoms with van der Waals surface area (Å²) >= 11 is 5.77. The molecule has 86 valence electrons. The lowest BCUT2D eigenvalue weighted by Crippen LogP contribution is -2.16. The zero-order chi connectivity index (χ0) is 12.0. The molecule has 1 aromatic heterocycles. The minimum atomic E-state index is 0.708. The van der Waals surface area contributed by atoms with E-state index < -0.39 is 0 Å². The number of hydrogen-bond acceptors (Lipinski definition) is 2. The first kappa shape index (κ1) is 12.6. The van der Waals surface area contributed by atoms with E-state index in [4.69, 9.17) is 11.6 Å². The maximum absolute atomic E-state index is 5.77. The molecule has 1 heterocycles. The molecule has 0 aliphatic heterocycles. The van der Waals surface area contributed by atoms with Gasteiger partial charge in [0.15, 0.2) is 0 Å². The van der Waals surface area contributed by atoms with Gasteiger partial charge in [-0.15, -0.1) is 0 Å². The lowest BCUT2D eigenvalue weighted by Gasteiger charge is -2.18. The summed E-state index contributed by atoms with van der Waals surface area (Å²) < 4.78 is 0. The van der Waals surface area contributed by atoms with Crippen molar-refractivity contribution < 1.29 is 0 Å². The summed E-state index contributed by atoms with van der Waals surface area (Å²) in [5.41, 5.74) is 0.997. The minimum Gasteiger partial charge on any atom is -0.367 e. The highest BCUT2D eigenvalue weighted by Crippen LogP contribution is 2.08. The van der Waals surface area contributed by atoms with Crippen LogP contribution in [0, 0.1) is 0 Å². The van der Waals surface area contributed by atoms with Gasteiger partial charge in [0.25, 0.3) is 0 Å². The van der Waals surface area contributed by atoms with E-state index in [1.165, 1.54) is 0 Å². The summed E-state index contributed by atoms with van der Waals surface area (Å²) in [6.45, 7) is 6.32. The van der Waals surface area contributed by atoms with E-state index in [1.54, 1.807) is 12.3 Å². The van der Waals surface area contributed by atoms with Gasteiger partial charge in [0.1, 0.15) is 5.82 Å². The van der Waals surface area contributed by atoms with E-state index >= 15 is 0 Å². The third-order valence-electron chi connectivity index (χ3n) is 2.08. The smallest absolute Gasteiger partial charge is 0.125 e. The molecule has 0 spiro atoms. The lowest BCUT2D eigenvalue weighted by molar-refractivity contribution is 0.413. The monoisotopic (exact) mass is 237 g/mol. The molecule has 0 saturated heterocycles. The SMILES string of the molecule is C=C/C(=C\C=C(/C)Cl)N(C)Cc1ncc[nH]1. The zero-order valence-corrected chi connectivity index (χ0v) is 10.3. The van der Waals surface area contributed by atoms with E-state index in [0.717, 1.165) is 16.6 Å². The second kappa shape index (κ2) is 6.18. The quantitative estimate of drug-likeness (QED) is 0.799. The standard InChI is InChI=1S/C12H16ClN3/c1-4-11(6-5-10(2)13)16(3)9-12-14-7-8-15-12/h4-8H,1,9H2,2-3H3,(H,14,15)/b10-5+,11-6+. The first-order chi connectivity index (χ1) is 7.63. The molecule has 0 aliphatic carbocycles. The second-order valence-electron chi connectivity index (χ2n) is 3.44. The van der Waals surface area contributed by atoms with Crippen LogP contribution in [0.25, 0.3) is 0 Å². The Balaban J connectivity index is 2.70. The Morgan fingerprint density at radius 1 is 1.62 bits per heavy atom. The van der Waals surface area contributed by atoms with Crippen LogP contribution >= 0.6 is 11.6 Å². The Morgan fingerprint density at radius 2 is 2.38 bits per heavy atom. The van der Waals surface area contributed by atoms with E-state index in [2.05, 4.69) is 16.5 Å². The van der Waals surface area contributed by atoms with Gasteiger partial charge < -0.3 is 9.88 Å². The van der Waals surface area contributed by atoms with Crippen molar-refractivity contribution in [1.29, 1.82) is 0 Å². The van der Waals surface area contributed by atoms with Gasteiger partial charge in [-0.25, -0.2) is 4.98 Å². The number of aromatic amines is 1. The Morgan fingerprint density at radius 3 is 2.88 bits per heavy atom. The molecule has 0 aromatic carbocycles. The number of hydrogen-bond donors (Lipinski definition) is 1. The second-order valence-corrected chi connectivity index (χ2v) is 4.04. The average molecular weight is 238 g/mol. The molecule has 0 unspecified atom stereocenters. The molecule has 0 fully saturated rings. The number of rotatable bonds is 5. The predicted octanol–water partition coefficient (Wildman–Crippen LogP) is 3.05. The van der Waals surface area contributed by atoms with Crippen LogP contribution in [0.4, 0.5) is 0 Å². The highest BCUT2D eigenvalue weighted by atomic mass is 35.5. The van der Waals surface area contributed by atoms with E-state index in [1.807, 2.05) is 37.2 Å². The van der Waals surface area contributed by atoms with Crippen molar-refractivity contribution in [2.45, 2.75) is 13.5 Å². The molecule has 3 nitrogen and oxygen atoms in total. The summed E-state index contributed by atoms with van der Waals surface area (Å²) in [5, 5.41) is 0.741. The number of allylic oxidation sites excluding steroid dienone is 4. The molecular formula is C12H16ClN3. The van der Waals surface area contributed by atoms with Crippen molar-refractivity contribution >= 4 is 11.6 Å². The maximum Gasteiger partial charge on any atom is 0.125 e. The largest absolute Gasteiger partial charge is 0.367 e. The Labute approximate surface area is 101 Å². The molecule has 16 heavy (non-hydrogen) atoms. The third-order valence-corrected chi connectivity index (χ3v) is 2.20. The molecule has 0 atom stereocenters. The number of likely N-dealkylation sites (N-methyl/N-ethyl adjacent to an activating group) is 1. The fraction of sp³-hybridized carbons (Fsp3) is 0.250. The Hall–Kier alpha value is -1.48. The van der Waals surface area contributed by atoms with Gasteiger partial charge in [-0.3, -0.25) is 0 Å². The Kier molecular flexibility index (Phi) is 4.86. The van der Waals surface area contributed by atoms with E-state index in [-0.39, 0.29) is 0 Å². The number of halogens is 1. The summed E-state index contributed by atoms with van der Waals surface area (Å²) in [6.07, 6.45) is 9.11. The molecule has 0 bridgehead atoms. The van der Waals surface area contributed by atoms with Crippen LogP contribution in [0.5, 0.6) is 0 Å². The first-order valence-corrected chi connectivity index (χ1v) is 5.37. The third kappa shape index (κ3) is 3.95. The molecular weight excluding hydrogens is 222 g/mol. The van der Waals surface area contributed by atoms with Crippen LogP contribution in [-0.2, 0) is 6.54 Å². The Bertz CT molecular complexity index is 386. The van der Waals surface area contributed by atoms with Crippen molar-refractivity contribution in [2.24, 2.45) is 0 Å². The van der Waals surface area contributed by atoms with Gasteiger partial charge >= 0.3 is 0 Å². The van der Waals surface area contributed by atoms with E-state index in [9.17, 15) is 0 Å². The van der Waals surface area contributed by atoms with Crippen LogP contribution in [-0.4, -0.2) is 21.9 Å². The van der Waals surface area contributed by atoms with Gasteiger partial charge in [-0.2, -0.15) is 0 Å². The maximum atomic E-state index is 5.77. The normalized spacial score (nSPS) is 12.7. The van der Waals surface area contributed by atoms with Crippen molar-refractivity contribution in [3.63, 3.8) is 0 Å². The van der Waals surface area contributed by atoms with Crippen LogP contribution in [0.15, 0.2) is 47.9 Å². The van der Waals surface area contributed by atoms with Gasteiger partial charge in [-0.05, 0) is 25.2 Å². The van der Waals surface area contributed by atoms with Gasteiger partial charge in [-0.1, -0.05) is 18.2 Å². The number of H-pyrrole nitrogens is 1. The van der Waals surface area contributed by atoms with Crippen LogP contribution < -0.4 is 0 Å². The number of nitrogens with zero attached hydrogens (tertiary/aromatic N) is 2.